The number of fused-ring (bicyclic) bond motifs is 1. The van der Waals surface area contributed by atoms with E-state index in [1.165, 1.54) is 18.5 Å². The van der Waals surface area contributed by atoms with E-state index >= 15 is 0 Å². The summed E-state index contributed by atoms with van der Waals surface area (Å²) in [5.74, 6) is -0.0533. The highest BCUT2D eigenvalue weighted by molar-refractivity contribution is 7.15. The Hall–Kier alpha value is -4.11. The Kier molecular flexibility index (Phi) is 6.01. The van der Waals surface area contributed by atoms with Crippen molar-refractivity contribution >= 4 is 28.7 Å². The zero-order valence-electron chi connectivity index (χ0n) is 18.3. The molecule has 0 unspecified atom stereocenters. The van der Waals surface area contributed by atoms with Crippen molar-refractivity contribution in [2.45, 2.75) is 19.5 Å². The van der Waals surface area contributed by atoms with Crippen LogP contribution in [0.3, 0.4) is 0 Å². The first-order valence-electron chi connectivity index (χ1n) is 10.7. The van der Waals surface area contributed by atoms with Crippen LogP contribution in [-0.2, 0) is 6.54 Å². The Morgan fingerprint density at radius 2 is 1.94 bits per heavy atom. The number of carbonyl (C=O) groups is 1. The van der Waals surface area contributed by atoms with Crippen LogP contribution in [0, 0.1) is 5.82 Å². The van der Waals surface area contributed by atoms with Gasteiger partial charge in [0.15, 0.2) is 5.65 Å². The lowest BCUT2D eigenvalue weighted by Crippen LogP contribution is -2.27. The fourth-order valence-corrected chi connectivity index (χ4v) is 4.54. The average molecular weight is 473 g/mol. The van der Waals surface area contributed by atoms with E-state index in [1.54, 1.807) is 46.3 Å². The molecule has 1 amide bonds. The maximum Gasteiger partial charge on any atom is 0.255 e. The number of nitrogens with zero attached hydrogens (tertiary/aromatic N) is 4. The van der Waals surface area contributed by atoms with E-state index in [1.807, 2.05) is 25.3 Å². The number of halogens is 1. The molecule has 0 aliphatic carbocycles. The normalized spacial score (nSPS) is 11.9. The van der Waals surface area contributed by atoms with Gasteiger partial charge in [-0.1, -0.05) is 12.1 Å². The maximum absolute atomic E-state index is 13.2. The molecule has 2 N–H and O–H groups in total. The molecule has 5 rings (SSSR count). The number of carbonyl (C=O) groups excluding carboxylic acids is 1. The lowest BCUT2D eigenvalue weighted by molar-refractivity contribution is 0.0940. The van der Waals surface area contributed by atoms with Crippen molar-refractivity contribution in [2.75, 3.05) is 5.32 Å². The molecule has 7 nitrogen and oxygen atoms in total. The molecule has 9 heteroatoms. The van der Waals surface area contributed by atoms with Crippen LogP contribution >= 0.6 is 11.3 Å². The van der Waals surface area contributed by atoms with E-state index in [0.29, 0.717) is 17.9 Å². The van der Waals surface area contributed by atoms with Gasteiger partial charge >= 0.3 is 0 Å². The third-order valence-electron chi connectivity index (χ3n) is 5.42. The summed E-state index contributed by atoms with van der Waals surface area (Å²) in [5.41, 5.74) is 3.13. The van der Waals surface area contributed by atoms with Gasteiger partial charge in [0, 0.05) is 27.7 Å². The van der Waals surface area contributed by atoms with Gasteiger partial charge in [0.2, 0.25) is 0 Å². The van der Waals surface area contributed by atoms with Crippen molar-refractivity contribution in [3.05, 3.63) is 101 Å². The average Bonchev–Trinajstić information content (AvgIpc) is 3.52. The molecular weight excluding hydrogens is 451 g/mol. The van der Waals surface area contributed by atoms with E-state index in [4.69, 9.17) is 0 Å². The highest BCUT2D eigenvalue weighted by Gasteiger charge is 2.16. The van der Waals surface area contributed by atoms with Crippen LogP contribution in [0.25, 0.3) is 16.1 Å². The minimum Gasteiger partial charge on any atom is -0.365 e. The largest absolute Gasteiger partial charge is 0.365 e. The van der Waals surface area contributed by atoms with Gasteiger partial charge in [0.05, 0.1) is 18.2 Å². The molecule has 5 aromatic rings. The Morgan fingerprint density at radius 3 is 2.79 bits per heavy atom. The molecule has 0 bridgehead atoms. The summed E-state index contributed by atoms with van der Waals surface area (Å²) in [6.07, 6.45) is 5.13. The topological polar surface area (TPSA) is 84.2 Å². The molecule has 4 heterocycles. The van der Waals surface area contributed by atoms with E-state index < -0.39 is 0 Å². The molecule has 170 valence electrons. The lowest BCUT2D eigenvalue weighted by Gasteiger charge is -2.16. The SMILES string of the molecule is C[C@H](NC(=O)c1cccnc1NCc1ccc(-c2ccc3ncnn3c2)s1)c1ccc(F)cc1. The number of rotatable bonds is 7. The van der Waals surface area contributed by atoms with Crippen LogP contribution in [-0.4, -0.2) is 25.5 Å². The van der Waals surface area contributed by atoms with Crippen molar-refractivity contribution in [1.82, 2.24) is 24.9 Å². The van der Waals surface area contributed by atoms with Crippen LogP contribution in [0.15, 0.2) is 79.4 Å². The van der Waals surface area contributed by atoms with Crippen molar-refractivity contribution in [2.24, 2.45) is 0 Å². The van der Waals surface area contributed by atoms with E-state index in [-0.39, 0.29) is 17.8 Å². The second-order valence-electron chi connectivity index (χ2n) is 7.75. The summed E-state index contributed by atoms with van der Waals surface area (Å²) < 4.78 is 14.9. The summed E-state index contributed by atoms with van der Waals surface area (Å²) in [6, 6.07) is 17.4. The molecule has 0 aliphatic heterocycles. The maximum atomic E-state index is 13.2. The van der Waals surface area contributed by atoms with Gasteiger partial charge in [-0.15, -0.1) is 11.3 Å². The molecular formula is C25H21FN6OS. The lowest BCUT2D eigenvalue weighted by atomic mass is 10.1. The molecule has 0 saturated carbocycles. The Balaban J connectivity index is 1.27. The number of hydrogen-bond donors (Lipinski definition) is 2. The number of benzene rings is 1. The standard InChI is InChI=1S/C25H21FN6OS/c1-16(17-4-7-19(26)8-5-17)31-25(33)21-3-2-12-27-24(21)28-13-20-9-10-22(34-20)18-6-11-23-29-15-30-32(23)14-18/h2-12,14-16H,13H2,1H3,(H,27,28)(H,31,33)/t16-/m0/s1. The number of hydrogen-bond acceptors (Lipinski definition) is 6. The van der Waals surface area contributed by atoms with Crippen molar-refractivity contribution < 1.29 is 9.18 Å². The van der Waals surface area contributed by atoms with Gasteiger partial charge in [-0.3, -0.25) is 4.79 Å². The monoisotopic (exact) mass is 472 g/mol. The predicted octanol–water partition coefficient (Wildman–Crippen LogP) is 5.10. The fourth-order valence-electron chi connectivity index (χ4n) is 3.60. The fraction of sp³-hybridized carbons (Fsp3) is 0.120. The van der Waals surface area contributed by atoms with Gasteiger partial charge < -0.3 is 10.6 Å². The number of aromatic nitrogens is 4. The first-order valence-corrected chi connectivity index (χ1v) is 11.5. The molecule has 1 atom stereocenters. The summed E-state index contributed by atoms with van der Waals surface area (Å²) in [6.45, 7) is 2.39. The molecule has 0 spiro atoms. The number of amides is 1. The summed E-state index contributed by atoms with van der Waals surface area (Å²) >= 11 is 1.66. The minimum absolute atomic E-state index is 0.250. The Labute approximate surface area is 199 Å². The van der Waals surface area contributed by atoms with E-state index in [2.05, 4.69) is 37.8 Å². The Morgan fingerprint density at radius 1 is 1.09 bits per heavy atom. The quantitative estimate of drug-likeness (QED) is 0.345. The Bertz CT molecular complexity index is 1450. The zero-order valence-corrected chi connectivity index (χ0v) is 19.1. The number of nitrogens with one attached hydrogen (secondary N) is 2. The molecule has 0 radical (unpaired) electrons. The van der Waals surface area contributed by atoms with Crippen molar-refractivity contribution in [3.63, 3.8) is 0 Å². The minimum atomic E-state index is -0.309. The van der Waals surface area contributed by atoms with Gasteiger partial charge in [-0.2, -0.15) is 5.10 Å². The van der Waals surface area contributed by atoms with Gasteiger partial charge in [0.25, 0.3) is 5.91 Å². The number of pyridine rings is 2. The van der Waals surface area contributed by atoms with Gasteiger partial charge in [-0.25, -0.2) is 18.9 Å². The summed E-state index contributed by atoms with van der Waals surface area (Å²) in [5, 5.41) is 10.4. The molecule has 34 heavy (non-hydrogen) atoms. The van der Waals surface area contributed by atoms with Crippen LogP contribution in [0.2, 0.25) is 0 Å². The second-order valence-corrected chi connectivity index (χ2v) is 8.91. The van der Waals surface area contributed by atoms with Crippen molar-refractivity contribution in [3.8, 4) is 10.4 Å². The van der Waals surface area contributed by atoms with Crippen LogP contribution in [0.4, 0.5) is 10.2 Å². The molecule has 1 aromatic carbocycles. The van der Waals surface area contributed by atoms with Crippen LogP contribution < -0.4 is 10.6 Å². The van der Waals surface area contributed by atoms with Crippen LogP contribution in [0.1, 0.15) is 33.8 Å². The predicted molar refractivity (Wildman–Crippen MR) is 130 cm³/mol. The first kappa shape index (κ1) is 21.7. The third-order valence-corrected chi connectivity index (χ3v) is 6.55. The van der Waals surface area contributed by atoms with Gasteiger partial charge in [0.1, 0.15) is 18.0 Å². The van der Waals surface area contributed by atoms with Crippen LogP contribution in [0.5, 0.6) is 0 Å². The van der Waals surface area contributed by atoms with E-state index in [9.17, 15) is 9.18 Å². The first-order chi connectivity index (χ1) is 16.6. The third kappa shape index (κ3) is 4.65. The zero-order chi connectivity index (χ0) is 23.5. The van der Waals surface area contributed by atoms with Gasteiger partial charge in [-0.05, 0) is 61.0 Å². The molecule has 0 aliphatic rings. The van der Waals surface area contributed by atoms with Crippen molar-refractivity contribution in [1.29, 1.82) is 0 Å². The second kappa shape index (κ2) is 9.40. The number of anilines is 1. The highest BCUT2D eigenvalue weighted by Crippen LogP contribution is 2.29. The highest BCUT2D eigenvalue weighted by atomic mass is 32.1. The summed E-state index contributed by atoms with van der Waals surface area (Å²) in [7, 11) is 0. The number of thiophene rings is 1. The molecule has 0 saturated heterocycles. The smallest absolute Gasteiger partial charge is 0.255 e. The molecule has 0 fully saturated rings. The molecule has 4 aromatic heterocycles. The van der Waals surface area contributed by atoms with E-state index in [0.717, 1.165) is 26.5 Å². The summed E-state index contributed by atoms with van der Waals surface area (Å²) in [4.78, 5) is 23.7.